The summed E-state index contributed by atoms with van der Waals surface area (Å²) in [5, 5.41) is 1.09. The summed E-state index contributed by atoms with van der Waals surface area (Å²) >= 11 is 1.73. The smallest absolute Gasteiger partial charge is 0.144 e. The summed E-state index contributed by atoms with van der Waals surface area (Å²) < 4.78 is 0. The van der Waals surface area contributed by atoms with Crippen LogP contribution in [-0.2, 0) is 18.4 Å². The molecule has 1 saturated carbocycles. The van der Waals surface area contributed by atoms with Crippen molar-refractivity contribution in [1.82, 2.24) is 14.9 Å². The lowest BCUT2D eigenvalue weighted by Gasteiger charge is -2.28. The van der Waals surface area contributed by atoms with Crippen LogP contribution in [0.2, 0.25) is 0 Å². The van der Waals surface area contributed by atoms with E-state index >= 15 is 0 Å². The first-order chi connectivity index (χ1) is 15.2. The van der Waals surface area contributed by atoms with E-state index in [1.165, 1.54) is 53.8 Å². The second-order valence-corrected chi connectivity index (χ2v) is 9.98. The van der Waals surface area contributed by atoms with Crippen LogP contribution in [0.4, 0.5) is 0 Å². The molecule has 4 heteroatoms. The first kappa shape index (κ1) is 19.1. The fourth-order valence-electron chi connectivity index (χ4n) is 5.03. The molecule has 31 heavy (non-hydrogen) atoms. The van der Waals surface area contributed by atoms with E-state index < -0.39 is 0 Å². The van der Waals surface area contributed by atoms with Crippen molar-refractivity contribution in [2.45, 2.75) is 44.6 Å². The van der Waals surface area contributed by atoms with Gasteiger partial charge in [0.15, 0.2) is 0 Å². The van der Waals surface area contributed by atoms with Gasteiger partial charge in [-0.15, -0.1) is 0 Å². The van der Waals surface area contributed by atoms with E-state index in [0.717, 1.165) is 34.9 Å². The maximum absolute atomic E-state index is 5.10. The Morgan fingerprint density at radius 2 is 1.84 bits per heavy atom. The van der Waals surface area contributed by atoms with Gasteiger partial charge in [0.1, 0.15) is 15.4 Å². The third-order valence-corrected chi connectivity index (χ3v) is 7.92. The highest BCUT2D eigenvalue weighted by molar-refractivity contribution is 7.21. The maximum Gasteiger partial charge on any atom is 0.144 e. The highest BCUT2D eigenvalue weighted by Gasteiger charge is 2.47. The molecule has 1 aliphatic carbocycles. The van der Waals surface area contributed by atoms with E-state index in [1.807, 2.05) is 0 Å². The number of thiazole rings is 1. The van der Waals surface area contributed by atoms with E-state index in [-0.39, 0.29) is 5.41 Å². The number of benzene rings is 2. The molecule has 4 aromatic rings. The third kappa shape index (κ3) is 3.38. The van der Waals surface area contributed by atoms with E-state index in [1.54, 1.807) is 11.3 Å². The number of rotatable bonds is 5. The zero-order valence-corrected chi connectivity index (χ0v) is 18.8. The standard InChI is InChI=1S/C27H27N3S/c1-2-15-30-16-12-19-17-20(8-9-21(19)18-30)25-28-23-10-11-24(29-26(23)31-25)27(13-14-27)22-6-4-3-5-7-22/h3-11,17H,2,12-16,18H2,1H3. The Bertz CT molecular complexity index is 1240. The number of fused-ring (bicyclic) bond motifs is 2. The van der Waals surface area contributed by atoms with Crippen molar-refractivity contribution in [3.63, 3.8) is 0 Å². The first-order valence-electron chi connectivity index (χ1n) is 11.4. The number of hydrogen-bond donors (Lipinski definition) is 0. The Kier molecular flexibility index (Phi) is 4.66. The van der Waals surface area contributed by atoms with Crippen LogP contribution in [-0.4, -0.2) is 28.0 Å². The van der Waals surface area contributed by atoms with Crippen LogP contribution in [0.5, 0.6) is 0 Å². The number of hydrogen-bond acceptors (Lipinski definition) is 4. The molecule has 0 saturated heterocycles. The molecule has 0 atom stereocenters. The fourth-order valence-corrected chi connectivity index (χ4v) is 5.97. The zero-order valence-electron chi connectivity index (χ0n) is 18.0. The Labute approximate surface area is 187 Å². The Morgan fingerprint density at radius 1 is 0.968 bits per heavy atom. The average Bonchev–Trinajstić information content (AvgIpc) is 3.52. The molecule has 6 rings (SSSR count). The second-order valence-electron chi connectivity index (χ2n) is 9.00. The van der Waals surface area contributed by atoms with Crippen molar-refractivity contribution >= 4 is 21.7 Å². The van der Waals surface area contributed by atoms with Crippen LogP contribution in [0, 0.1) is 0 Å². The second kappa shape index (κ2) is 7.54. The predicted octanol–water partition coefficient (Wildman–Crippen LogP) is 6.21. The van der Waals surface area contributed by atoms with Crippen molar-refractivity contribution in [3.05, 3.63) is 83.0 Å². The van der Waals surface area contributed by atoms with Gasteiger partial charge in [-0.3, -0.25) is 4.90 Å². The van der Waals surface area contributed by atoms with Crippen LogP contribution in [0.3, 0.4) is 0 Å². The minimum absolute atomic E-state index is 0.107. The molecule has 1 fully saturated rings. The van der Waals surface area contributed by atoms with Gasteiger partial charge in [-0.1, -0.05) is 60.7 Å². The van der Waals surface area contributed by atoms with E-state index in [2.05, 4.69) is 72.5 Å². The van der Waals surface area contributed by atoms with Gasteiger partial charge in [-0.05, 0) is 67.1 Å². The van der Waals surface area contributed by atoms with Crippen LogP contribution >= 0.6 is 11.3 Å². The molecule has 0 bridgehead atoms. The predicted molar refractivity (Wildman–Crippen MR) is 129 cm³/mol. The van der Waals surface area contributed by atoms with Gasteiger partial charge >= 0.3 is 0 Å². The van der Waals surface area contributed by atoms with Gasteiger partial charge in [0.05, 0.1) is 5.69 Å². The Hall–Kier alpha value is -2.56. The van der Waals surface area contributed by atoms with Crippen LogP contribution in [0.15, 0.2) is 60.7 Å². The molecule has 3 heterocycles. The molecular formula is C27H27N3S. The summed E-state index contributed by atoms with van der Waals surface area (Å²) in [6.07, 6.45) is 4.72. The van der Waals surface area contributed by atoms with Crippen molar-refractivity contribution in [1.29, 1.82) is 0 Å². The molecule has 0 amide bonds. The molecule has 2 aromatic heterocycles. The first-order valence-corrected chi connectivity index (χ1v) is 12.2. The quantitative estimate of drug-likeness (QED) is 0.381. The minimum Gasteiger partial charge on any atom is -0.299 e. The molecular weight excluding hydrogens is 398 g/mol. The topological polar surface area (TPSA) is 29.0 Å². The summed E-state index contributed by atoms with van der Waals surface area (Å²) in [5.74, 6) is 0. The molecule has 1 aliphatic heterocycles. The van der Waals surface area contributed by atoms with Gasteiger partial charge in [0, 0.05) is 24.1 Å². The lowest BCUT2D eigenvalue weighted by atomic mass is 9.92. The molecule has 2 aliphatic rings. The van der Waals surface area contributed by atoms with Gasteiger partial charge in [0.25, 0.3) is 0 Å². The average molecular weight is 426 g/mol. The van der Waals surface area contributed by atoms with Crippen molar-refractivity contribution in [2.24, 2.45) is 0 Å². The normalized spacial score (nSPS) is 17.6. The van der Waals surface area contributed by atoms with Crippen molar-refractivity contribution in [3.8, 4) is 10.6 Å². The van der Waals surface area contributed by atoms with Crippen molar-refractivity contribution in [2.75, 3.05) is 13.1 Å². The molecule has 3 nitrogen and oxygen atoms in total. The molecule has 0 unspecified atom stereocenters. The highest BCUT2D eigenvalue weighted by atomic mass is 32.1. The largest absolute Gasteiger partial charge is 0.299 e. The third-order valence-electron chi connectivity index (χ3n) is 6.91. The van der Waals surface area contributed by atoms with Crippen LogP contribution in [0.25, 0.3) is 20.9 Å². The molecule has 0 N–H and O–H groups in total. The summed E-state index contributed by atoms with van der Waals surface area (Å²) in [6.45, 7) is 5.69. The number of aromatic nitrogens is 2. The molecule has 2 aromatic carbocycles. The fraction of sp³-hybridized carbons (Fsp3) is 0.333. The zero-order chi connectivity index (χ0) is 20.8. The highest BCUT2D eigenvalue weighted by Crippen LogP contribution is 2.53. The summed E-state index contributed by atoms with van der Waals surface area (Å²) in [5.41, 5.74) is 7.90. The van der Waals surface area contributed by atoms with E-state index in [9.17, 15) is 0 Å². The maximum atomic E-state index is 5.10. The van der Waals surface area contributed by atoms with Crippen LogP contribution < -0.4 is 0 Å². The van der Waals surface area contributed by atoms with Gasteiger partial charge in [-0.25, -0.2) is 9.97 Å². The lowest BCUT2D eigenvalue weighted by molar-refractivity contribution is 0.255. The molecule has 156 valence electrons. The number of nitrogens with zero attached hydrogens (tertiary/aromatic N) is 3. The summed E-state index contributed by atoms with van der Waals surface area (Å²) in [7, 11) is 0. The van der Waals surface area contributed by atoms with Gasteiger partial charge < -0.3 is 0 Å². The van der Waals surface area contributed by atoms with Gasteiger partial charge in [-0.2, -0.15) is 0 Å². The van der Waals surface area contributed by atoms with E-state index in [0.29, 0.717) is 0 Å². The summed E-state index contributed by atoms with van der Waals surface area (Å²) in [4.78, 5) is 13.7. The minimum atomic E-state index is 0.107. The monoisotopic (exact) mass is 425 g/mol. The van der Waals surface area contributed by atoms with Gasteiger partial charge in [0.2, 0.25) is 0 Å². The Balaban J connectivity index is 1.32. The number of pyridine rings is 1. The van der Waals surface area contributed by atoms with Crippen LogP contribution in [0.1, 0.15) is 48.6 Å². The molecule has 0 spiro atoms. The lowest BCUT2D eigenvalue weighted by Crippen LogP contribution is -2.31. The van der Waals surface area contributed by atoms with E-state index in [4.69, 9.17) is 9.97 Å². The Morgan fingerprint density at radius 3 is 2.65 bits per heavy atom. The summed E-state index contributed by atoms with van der Waals surface area (Å²) in [6, 6.07) is 22.1. The molecule has 0 radical (unpaired) electrons. The SMILES string of the molecule is CCCN1CCc2cc(-c3nc4ccc(C5(c6ccccc6)CC5)nc4s3)ccc2C1. The van der Waals surface area contributed by atoms with Crippen molar-refractivity contribution < 1.29 is 0 Å².